The molecule has 0 radical (unpaired) electrons. The third kappa shape index (κ3) is 3.40. The Kier molecular flexibility index (Phi) is 4.92. The molecule has 0 aliphatic carbocycles. The first-order valence-corrected chi connectivity index (χ1v) is 9.16. The van der Waals surface area contributed by atoms with Crippen molar-refractivity contribution in [1.82, 2.24) is 9.80 Å². The van der Waals surface area contributed by atoms with Crippen molar-refractivity contribution in [2.24, 2.45) is 0 Å². The molecule has 0 fully saturated rings. The number of anilines is 1. The summed E-state index contributed by atoms with van der Waals surface area (Å²) in [6.07, 6.45) is 0. The number of carbonyl (C=O) groups is 4. The van der Waals surface area contributed by atoms with Crippen molar-refractivity contribution in [2.75, 3.05) is 26.0 Å². The SMILES string of the molecule is CN(CC(=O)Nc1ccc2c(c1)C(=O)N(C)C2=O)C(=O)c1ccc(Br)s1. The summed E-state index contributed by atoms with van der Waals surface area (Å²) < 4.78 is 0.834. The predicted octanol–water partition coefficient (Wildman–Crippen LogP) is 2.45. The number of amides is 4. The highest BCUT2D eigenvalue weighted by atomic mass is 79.9. The van der Waals surface area contributed by atoms with E-state index in [-0.39, 0.29) is 23.9 Å². The number of nitrogens with one attached hydrogen (secondary N) is 1. The zero-order valence-corrected chi connectivity index (χ0v) is 16.3. The topological polar surface area (TPSA) is 86.8 Å². The van der Waals surface area contributed by atoms with Crippen LogP contribution < -0.4 is 5.32 Å². The number of thiophene rings is 1. The summed E-state index contributed by atoms with van der Waals surface area (Å²) >= 11 is 4.58. The Morgan fingerprint density at radius 3 is 2.50 bits per heavy atom. The molecule has 7 nitrogen and oxygen atoms in total. The van der Waals surface area contributed by atoms with Crippen LogP contribution in [0.4, 0.5) is 5.69 Å². The molecule has 0 unspecified atom stereocenters. The molecule has 1 aromatic heterocycles. The van der Waals surface area contributed by atoms with Crippen molar-refractivity contribution in [1.29, 1.82) is 0 Å². The van der Waals surface area contributed by atoms with Gasteiger partial charge in [0.25, 0.3) is 17.7 Å². The molecule has 0 saturated carbocycles. The van der Waals surface area contributed by atoms with Crippen LogP contribution in [0.3, 0.4) is 0 Å². The lowest BCUT2D eigenvalue weighted by molar-refractivity contribution is -0.116. The van der Waals surface area contributed by atoms with E-state index in [2.05, 4.69) is 21.2 Å². The molecule has 4 amide bonds. The predicted molar refractivity (Wildman–Crippen MR) is 100 cm³/mol. The van der Waals surface area contributed by atoms with E-state index in [1.807, 2.05) is 0 Å². The number of hydrogen-bond donors (Lipinski definition) is 1. The molecular formula is C17H14BrN3O4S. The number of likely N-dealkylation sites (N-methyl/N-ethyl adjacent to an activating group) is 1. The van der Waals surface area contributed by atoms with Gasteiger partial charge < -0.3 is 10.2 Å². The van der Waals surface area contributed by atoms with Crippen molar-refractivity contribution < 1.29 is 19.2 Å². The average molecular weight is 436 g/mol. The minimum Gasteiger partial charge on any atom is -0.332 e. The van der Waals surface area contributed by atoms with Crippen molar-refractivity contribution in [3.8, 4) is 0 Å². The van der Waals surface area contributed by atoms with Gasteiger partial charge in [-0.3, -0.25) is 24.1 Å². The molecule has 0 bridgehead atoms. The summed E-state index contributed by atoms with van der Waals surface area (Å²) in [5, 5.41) is 2.64. The monoisotopic (exact) mass is 435 g/mol. The summed E-state index contributed by atoms with van der Waals surface area (Å²) in [5.74, 6) is -1.43. The van der Waals surface area contributed by atoms with Gasteiger partial charge in [-0.15, -0.1) is 11.3 Å². The Morgan fingerprint density at radius 1 is 1.15 bits per heavy atom. The smallest absolute Gasteiger partial charge is 0.264 e. The van der Waals surface area contributed by atoms with Gasteiger partial charge in [0.05, 0.1) is 26.3 Å². The summed E-state index contributed by atoms with van der Waals surface area (Å²) in [6, 6.07) is 7.98. The van der Waals surface area contributed by atoms with Gasteiger partial charge in [0.1, 0.15) is 0 Å². The van der Waals surface area contributed by atoms with Gasteiger partial charge in [0, 0.05) is 19.8 Å². The molecule has 0 saturated heterocycles. The molecule has 1 aliphatic rings. The van der Waals surface area contributed by atoms with E-state index in [1.165, 1.54) is 42.5 Å². The van der Waals surface area contributed by atoms with Crippen LogP contribution in [0.25, 0.3) is 0 Å². The summed E-state index contributed by atoms with van der Waals surface area (Å²) in [6.45, 7) is -0.141. The molecule has 0 spiro atoms. The van der Waals surface area contributed by atoms with E-state index in [9.17, 15) is 19.2 Å². The van der Waals surface area contributed by atoms with Gasteiger partial charge in [-0.2, -0.15) is 0 Å². The maximum atomic E-state index is 12.3. The molecule has 1 aromatic carbocycles. The van der Waals surface area contributed by atoms with Crippen LogP contribution in [0.1, 0.15) is 30.4 Å². The second-order valence-corrected chi connectivity index (χ2v) is 8.21. The number of carbonyl (C=O) groups excluding carboxylic acids is 4. The Labute approximate surface area is 161 Å². The van der Waals surface area contributed by atoms with Crippen LogP contribution in [-0.2, 0) is 4.79 Å². The standard InChI is InChI=1S/C17H14BrN3O4S/c1-20(17(25)12-5-6-13(18)26-12)8-14(22)19-9-3-4-10-11(7-9)16(24)21(2)15(10)23/h3-7H,8H2,1-2H3,(H,19,22). The summed E-state index contributed by atoms with van der Waals surface area (Å²) in [7, 11) is 2.95. The molecule has 2 heterocycles. The Morgan fingerprint density at radius 2 is 1.85 bits per heavy atom. The van der Waals surface area contributed by atoms with Crippen molar-refractivity contribution in [3.05, 3.63) is 50.1 Å². The molecule has 3 rings (SSSR count). The lowest BCUT2D eigenvalue weighted by Crippen LogP contribution is -2.34. The van der Waals surface area contributed by atoms with Crippen molar-refractivity contribution >= 4 is 56.6 Å². The van der Waals surface area contributed by atoms with Crippen LogP contribution in [0.2, 0.25) is 0 Å². The maximum Gasteiger partial charge on any atom is 0.264 e. The van der Waals surface area contributed by atoms with Crippen molar-refractivity contribution in [3.63, 3.8) is 0 Å². The molecule has 26 heavy (non-hydrogen) atoms. The quantitative estimate of drug-likeness (QED) is 0.747. The largest absolute Gasteiger partial charge is 0.332 e. The number of rotatable bonds is 4. The fourth-order valence-corrected chi connectivity index (χ4v) is 3.92. The van der Waals surface area contributed by atoms with Crippen LogP contribution >= 0.6 is 27.3 Å². The van der Waals surface area contributed by atoms with Crippen LogP contribution in [0, 0.1) is 0 Å². The van der Waals surface area contributed by atoms with E-state index in [0.717, 1.165) is 8.69 Å². The first-order chi connectivity index (χ1) is 12.3. The van der Waals surface area contributed by atoms with Gasteiger partial charge in [-0.05, 0) is 46.3 Å². The molecule has 2 aromatic rings. The van der Waals surface area contributed by atoms with E-state index in [4.69, 9.17) is 0 Å². The highest BCUT2D eigenvalue weighted by Gasteiger charge is 2.32. The fourth-order valence-electron chi connectivity index (χ4n) is 2.54. The zero-order valence-electron chi connectivity index (χ0n) is 13.9. The maximum absolute atomic E-state index is 12.3. The number of halogens is 1. The minimum absolute atomic E-state index is 0.141. The fraction of sp³-hybridized carbons (Fsp3) is 0.176. The van der Waals surface area contributed by atoms with E-state index >= 15 is 0 Å². The van der Waals surface area contributed by atoms with E-state index < -0.39 is 11.8 Å². The average Bonchev–Trinajstić information content (AvgIpc) is 3.12. The highest BCUT2D eigenvalue weighted by molar-refractivity contribution is 9.11. The molecule has 1 N–H and O–H groups in total. The lowest BCUT2D eigenvalue weighted by atomic mass is 10.1. The number of nitrogens with zero attached hydrogens (tertiary/aromatic N) is 2. The Hall–Kier alpha value is -2.52. The third-order valence-corrected chi connectivity index (χ3v) is 5.50. The Balaban J connectivity index is 1.66. The summed E-state index contributed by atoms with van der Waals surface area (Å²) in [4.78, 5) is 51.2. The van der Waals surface area contributed by atoms with Gasteiger partial charge in [-0.1, -0.05) is 0 Å². The van der Waals surface area contributed by atoms with Gasteiger partial charge in [0.15, 0.2) is 0 Å². The normalized spacial score (nSPS) is 13.0. The molecule has 0 atom stereocenters. The van der Waals surface area contributed by atoms with Crippen LogP contribution in [0.15, 0.2) is 34.1 Å². The third-order valence-electron chi connectivity index (χ3n) is 3.88. The second kappa shape index (κ2) is 7.00. The first-order valence-electron chi connectivity index (χ1n) is 7.55. The summed E-state index contributed by atoms with van der Waals surface area (Å²) in [5.41, 5.74) is 0.958. The van der Waals surface area contributed by atoms with Gasteiger partial charge in [-0.25, -0.2) is 0 Å². The second-order valence-electron chi connectivity index (χ2n) is 5.74. The highest BCUT2D eigenvalue weighted by Crippen LogP contribution is 2.25. The molecular weight excluding hydrogens is 422 g/mol. The molecule has 9 heteroatoms. The van der Waals surface area contributed by atoms with Crippen molar-refractivity contribution in [2.45, 2.75) is 0 Å². The van der Waals surface area contributed by atoms with Crippen LogP contribution in [0.5, 0.6) is 0 Å². The zero-order chi connectivity index (χ0) is 19.0. The molecule has 1 aliphatic heterocycles. The van der Waals surface area contributed by atoms with Gasteiger partial charge >= 0.3 is 0 Å². The number of benzene rings is 1. The minimum atomic E-state index is -0.406. The van der Waals surface area contributed by atoms with Crippen LogP contribution in [-0.4, -0.2) is 54.1 Å². The lowest BCUT2D eigenvalue weighted by Gasteiger charge is -2.16. The number of imide groups is 1. The van der Waals surface area contributed by atoms with E-state index in [1.54, 1.807) is 18.2 Å². The first kappa shape index (κ1) is 18.3. The number of fused-ring (bicyclic) bond motifs is 1. The number of hydrogen-bond acceptors (Lipinski definition) is 5. The molecule has 134 valence electrons. The van der Waals surface area contributed by atoms with Gasteiger partial charge in [0.2, 0.25) is 5.91 Å². The van der Waals surface area contributed by atoms with E-state index in [0.29, 0.717) is 16.1 Å². The Bertz CT molecular complexity index is 940.